The molecular formula is C22H20ClFN4O2. The number of hydrogen-bond donors (Lipinski definition) is 1. The van der Waals surface area contributed by atoms with Gasteiger partial charge in [0.2, 0.25) is 6.10 Å². The summed E-state index contributed by atoms with van der Waals surface area (Å²) in [5.74, 6) is -0.633. The maximum atomic E-state index is 13.1. The molecule has 1 N–H and O–H groups in total. The van der Waals surface area contributed by atoms with Crippen LogP contribution in [-0.2, 0) is 16.2 Å². The first kappa shape index (κ1) is 20.1. The summed E-state index contributed by atoms with van der Waals surface area (Å²) in [7, 11) is 0. The second-order valence-corrected chi connectivity index (χ2v) is 7.53. The molecule has 1 amide bonds. The van der Waals surface area contributed by atoms with Crippen molar-refractivity contribution >= 4 is 28.9 Å². The third kappa shape index (κ3) is 4.07. The van der Waals surface area contributed by atoms with Gasteiger partial charge in [-0.2, -0.15) is 5.10 Å². The van der Waals surface area contributed by atoms with Crippen molar-refractivity contribution in [1.29, 1.82) is 0 Å². The Labute approximate surface area is 178 Å². The number of oxime groups is 1. The van der Waals surface area contributed by atoms with Crippen LogP contribution in [-0.4, -0.2) is 27.5 Å². The topological polar surface area (TPSA) is 68.5 Å². The molecule has 0 bridgehead atoms. The number of hydrogen-bond acceptors (Lipinski definition) is 4. The number of nitrogens with zero attached hydrogens (tertiary/aromatic N) is 3. The van der Waals surface area contributed by atoms with Crippen LogP contribution in [0.25, 0.3) is 0 Å². The molecule has 154 valence electrons. The molecule has 1 aromatic heterocycles. The number of anilines is 1. The monoisotopic (exact) mass is 426 g/mol. The molecule has 0 fully saturated rings. The van der Waals surface area contributed by atoms with E-state index in [0.717, 1.165) is 16.8 Å². The average Bonchev–Trinajstić information content (AvgIpc) is 3.32. The van der Waals surface area contributed by atoms with E-state index >= 15 is 0 Å². The molecule has 0 spiro atoms. The lowest BCUT2D eigenvalue weighted by atomic mass is 10.0. The third-order valence-electron chi connectivity index (χ3n) is 5.05. The molecule has 8 heteroatoms. The molecule has 1 atom stereocenters. The summed E-state index contributed by atoms with van der Waals surface area (Å²) >= 11 is 6.26. The van der Waals surface area contributed by atoms with Crippen molar-refractivity contribution < 1.29 is 14.0 Å². The number of carbonyl (C=O) groups excluding carboxylic acids is 1. The van der Waals surface area contributed by atoms with Crippen LogP contribution in [0.4, 0.5) is 10.1 Å². The molecule has 2 heterocycles. The van der Waals surface area contributed by atoms with Crippen LogP contribution in [0.15, 0.2) is 53.7 Å². The number of benzene rings is 2. The van der Waals surface area contributed by atoms with Gasteiger partial charge in [0.05, 0.1) is 29.3 Å². The fourth-order valence-corrected chi connectivity index (χ4v) is 3.55. The lowest BCUT2D eigenvalue weighted by Gasteiger charge is -2.11. The Bertz CT molecular complexity index is 1120. The van der Waals surface area contributed by atoms with Gasteiger partial charge < -0.3 is 10.2 Å². The second-order valence-electron chi connectivity index (χ2n) is 7.13. The highest BCUT2D eigenvalue weighted by atomic mass is 35.5. The average molecular weight is 427 g/mol. The molecule has 0 saturated heterocycles. The smallest absolute Gasteiger partial charge is 0.268 e. The number of aromatic nitrogens is 2. The van der Waals surface area contributed by atoms with Crippen LogP contribution in [0.3, 0.4) is 0 Å². The molecule has 30 heavy (non-hydrogen) atoms. The summed E-state index contributed by atoms with van der Waals surface area (Å²) in [5, 5.41) is 12.1. The quantitative estimate of drug-likeness (QED) is 0.654. The minimum absolute atomic E-state index is 0.306. The normalized spacial score (nSPS) is 15.6. The predicted molar refractivity (Wildman–Crippen MR) is 113 cm³/mol. The summed E-state index contributed by atoms with van der Waals surface area (Å²) < 4.78 is 14.9. The van der Waals surface area contributed by atoms with E-state index in [1.165, 1.54) is 12.1 Å². The van der Waals surface area contributed by atoms with Crippen LogP contribution in [0, 0.1) is 19.7 Å². The summed E-state index contributed by atoms with van der Waals surface area (Å²) in [4.78, 5) is 18.1. The lowest BCUT2D eigenvalue weighted by Crippen LogP contribution is -2.28. The van der Waals surface area contributed by atoms with Crippen molar-refractivity contribution in [2.75, 3.05) is 5.32 Å². The summed E-state index contributed by atoms with van der Waals surface area (Å²) in [6, 6.07) is 13.5. The van der Waals surface area contributed by atoms with E-state index < -0.39 is 6.10 Å². The molecule has 0 saturated carbocycles. The molecule has 6 nitrogen and oxygen atoms in total. The SMILES string of the molecule is Cc1nn(Cc2ccccc2Cl)c(C)c1NC(=O)C1CC(c2ccc(F)cc2)=NO1. The van der Waals surface area contributed by atoms with E-state index in [9.17, 15) is 9.18 Å². The summed E-state index contributed by atoms with van der Waals surface area (Å²) in [6.07, 6.45) is -0.445. The summed E-state index contributed by atoms with van der Waals surface area (Å²) in [6.45, 7) is 4.23. The van der Waals surface area contributed by atoms with Gasteiger partial charge in [0.15, 0.2) is 0 Å². The van der Waals surface area contributed by atoms with E-state index in [1.54, 1.807) is 12.1 Å². The van der Waals surface area contributed by atoms with Crippen molar-refractivity contribution in [3.05, 3.63) is 81.9 Å². The number of rotatable bonds is 5. The number of carbonyl (C=O) groups is 1. The Morgan fingerprint density at radius 1 is 1.23 bits per heavy atom. The number of amides is 1. The Kier molecular flexibility index (Phi) is 5.55. The fraction of sp³-hybridized carbons (Fsp3) is 0.227. The maximum Gasteiger partial charge on any atom is 0.268 e. The molecular weight excluding hydrogens is 407 g/mol. The van der Waals surface area contributed by atoms with Crippen LogP contribution >= 0.6 is 11.6 Å². The first-order valence-corrected chi connectivity index (χ1v) is 9.87. The lowest BCUT2D eigenvalue weighted by molar-refractivity contribution is -0.125. The van der Waals surface area contributed by atoms with Crippen molar-refractivity contribution in [3.63, 3.8) is 0 Å². The number of halogens is 2. The van der Waals surface area contributed by atoms with Crippen molar-refractivity contribution in [2.24, 2.45) is 5.16 Å². The van der Waals surface area contributed by atoms with E-state index in [4.69, 9.17) is 16.4 Å². The predicted octanol–water partition coefficient (Wildman–Crippen LogP) is 4.47. The molecule has 1 aliphatic heterocycles. The van der Waals surface area contributed by atoms with E-state index in [2.05, 4.69) is 15.6 Å². The van der Waals surface area contributed by atoms with Crippen LogP contribution in [0.2, 0.25) is 5.02 Å². The highest BCUT2D eigenvalue weighted by molar-refractivity contribution is 6.31. The molecule has 1 aliphatic rings. The van der Waals surface area contributed by atoms with Gasteiger partial charge in [0.1, 0.15) is 5.82 Å². The number of nitrogens with one attached hydrogen (secondary N) is 1. The maximum absolute atomic E-state index is 13.1. The Hall–Kier alpha value is -3.19. The van der Waals surface area contributed by atoms with E-state index in [1.807, 2.05) is 42.8 Å². The second kappa shape index (κ2) is 8.28. The van der Waals surface area contributed by atoms with Gasteiger partial charge in [-0.25, -0.2) is 4.39 Å². The zero-order chi connectivity index (χ0) is 21.3. The van der Waals surface area contributed by atoms with Crippen molar-refractivity contribution in [3.8, 4) is 0 Å². The highest BCUT2D eigenvalue weighted by Crippen LogP contribution is 2.24. The van der Waals surface area contributed by atoms with Gasteiger partial charge in [-0.05, 0) is 43.2 Å². The highest BCUT2D eigenvalue weighted by Gasteiger charge is 2.30. The Balaban J connectivity index is 1.45. The van der Waals surface area contributed by atoms with Gasteiger partial charge in [-0.3, -0.25) is 9.48 Å². The van der Waals surface area contributed by atoms with E-state index in [0.29, 0.717) is 35.1 Å². The molecule has 0 radical (unpaired) electrons. The van der Waals surface area contributed by atoms with Gasteiger partial charge in [-0.1, -0.05) is 47.1 Å². The zero-order valence-corrected chi connectivity index (χ0v) is 17.3. The molecule has 0 aliphatic carbocycles. The fourth-order valence-electron chi connectivity index (χ4n) is 3.35. The van der Waals surface area contributed by atoms with Crippen LogP contribution < -0.4 is 5.32 Å². The van der Waals surface area contributed by atoms with Crippen molar-refractivity contribution in [2.45, 2.75) is 32.9 Å². The molecule has 3 aromatic rings. The first-order valence-electron chi connectivity index (χ1n) is 9.49. The third-order valence-corrected chi connectivity index (χ3v) is 5.42. The molecule has 4 rings (SSSR count). The summed E-state index contributed by atoms with van der Waals surface area (Å²) in [5.41, 5.74) is 4.44. The van der Waals surface area contributed by atoms with Gasteiger partial charge in [-0.15, -0.1) is 0 Å². The van der Waals surface area contributed by atoms with Gasteiger partial charge >= 0.3 is 0 Å². The van der Waals surface area contributed by atoms with Gasteiger partial charge in [0.25, 0.3) is 5.91 Å². The standard InChI is InChI=1S/C22H20ClFN4O2/c1-13-21(14(2)28(26-13)12-16-5-3-4-6-18(16)23)25-22(29)20-11-19(27-30-20)15-7-9-17(24)10-8-15/h3-10,20H,11-12H2,1-2H3,(H,25,29). The van der Waals surface area contributed by atoms with E-state index in [-0.39, 0.29) is 11.7 Å². The number of aryl methyl sites for hydroxylation is 1. The Morgan fingerprint density at radius 2 is 1.97 bits per heavy atom. The minimum Gasteiger partial charge on any atom is -0.382 e. The molecule has 2 aromatic carbocycles. The largest absolute Gasteiger partial charge is 0.382 e. The zero-order valence-electron chi connectivity index (χ0n) is 16.5. The first-order chi connectivity index (χ1) is 14.4. The van der Waals surface area contributed by atoms with Gasteiger partial charge in [0, 0.05) is 11.4 Å². The van der Waals surface area contributed by atoms with Crippen LogP contribution in [0.1, 0.15) is 28.9 Å². The van der Waals surface area contributed by atoms with Crippen LogP contribution in [0.5, 0.6) is 0 Å². The van der Waals surface area contributed by atoms with Crippen molar-refractivity contribution in [1.82, 2.24) is 9.78 Å². The molecule has 1 unspecified atom stereocenters. The minimum atomic E-state index is -0.754. The Morgan fingerprint density at radius 3 is 2.70 bits per heavy atom.